The summed E-state index contributed by atoms with van der Waals surface area (Å²) in [5.74, 6) is 0.132. The molecule has 0 aliphatic carbocycles. The molecule has 1 heterocycles. The van der Waals surface area contributed by atoms with Crippen molar-refractivity contribution in [3.8, 4) is 22.5 Å². The third-order valence-electron chi connectivity index (χ3n) is 3.16. The van der Waals surface area contributed by atoms with E-state index in [-0.39, 0.29) is 9.33 Å². The molecule has 112 valence electrons. The maximum Gasteiger partial charge on any atom is 0.437 e. The van der Waals surface area contributed by atoms with Crippen molar-refractivity contribution in [1.82, 2.24) is 5.16 Å². The second-order valence-corrected chi connectivity index (χ2v) is 5.69. The molecule has 2 nitrogen and oxygen atoms in total. The molecule has 3 aromatic rings. The van der Waals surface area contributed by atoms with Crippen molar-refractivity contribution in [3.63, 3.8) is 0 Å². The van der Waals surface area contributed by atoms with E-state index < -0.39 is 11.9 Å². The van der Waals surface area contributed by atoms with Crippen LogP contribution in [0.25, 0.3) is 22.5 Å². The first-order valence-corrected chi connectivity index (χ1v) is 7.43. The number of hydrogen-bond donors (Lipinski definition) is 0. The Morgan fingerprint density at radius 3 is 1.91 bits per heavy atom. The lowest BCUT2D eigenvalue weighted by atomic mass is 10.0. The SMILES string of the molecule is FC(F)(F)c1noc(-c2ccc(-c3ccccc3)cc2)c1I. The van der Waals surface area contributed by atoms with Crippen molar-refractivity contribution >= 4 is 22.6 Å². The molecule has 0 atom stereocenters. The van der Waals surface area contributed by atoms with Crippen molar-refractivity contribution in [2.45, 2.75) is 6.18 Å². The Morgan fingerprint density at radius 2 is 1.36 bits per heavy atom. The molecule has 22 heavy (non-hydrogen) atoms. The van der Waals surface area contributed by atoms with E-state index in [4.69, 9.17) is 4.52 Å². The molecule has 0 saturated carbocycles. The van der Waals surface area contributed by atoms with E-state index >= 15 is 0 Å². The van der Waals surface area contributed by atoms with Gasteiger partial charge >= 0.3 is 6.18 Å². The Bertz CT molecular complexity index is 779. The molecule has 0 radical (unpaired) electrons. The highest BCUT2D eigenvalue weighted by atomic mass is 127. The maximum atomic E-state index is 12.7. The quantitative estimate of drug-likeness (QED) is 0.507. The van der Waals surface area contributed by atoms with Gasteiger partial charge in [0.05, 0.1) is 3.57 Å². The van der Waals surface area contributed by atoms with Crippen molar-refractivity contribution in [3.05, 3.63) is 63.9 Å². The summed E-state index contributed by atoms with van der Waals surface area (Å²) in [6.45, 7) is 0. The lowest BCUT2D eigenvalue weighted by Gasteiger charge is -2.03. The van der Waals surface area contributed by atoms with Crippen molar-refractivity contribution < 1.29 is 17.7 Å². The molecule has 6 heteroatoms. The predicted octanol–water partition coefficient (Wildman–Crippen LogP) is 5.63. The monoisotopic (exact) mass is 415 g/mol. The highest BCUT2D eigenvalue weighted by Crippen LogP contribution is 2.37. The number of nitrogens with zero attached hydrogens (tertiary/aromatic N) is 1. The topological polar surface area (TPSA) is 26.0 Å². The van der Waals surface area contributed by atoms with Crippen LogP contribution < -0.4 is 0 Å². The van der Waals surface area contributed by atoms with Crippen molar-refractivity contribution in [2.75, 3.05) is 0 Å². The van der Waals surface area contributed by atoms with Gasteiger partial charge < -0.3 is 4.52 Å². The summed E-state index contributed by atoms with van der Waals surface area (Å²) in [7, 11) is 0. The fourth-order valence-corrected chi connectivity index (χ4v) is 2.89. The van der Waals surface area contributed by atoms with E-state index in [1.165, 1.54) is 0 Å². The number of halogens is 4. The first-order chi connectivity index (χ1) is 10.5. The highest BCUT2D eigenvalue weighted by molar-refractivity contribution is 14.1. The molecule has 1 aromatic heterocycles. The Morgan fingerprint density at radius 1 is 0.818 bits per heavy atom. The van der Waals surface area contributed by atoms with Crippen LogP contribution in [0, 0.1) is 3.57 Å². The second kappa shape index (κ2) is 5.75. The van der Waals surface area contributed by atoms with Crippen molar-refractivity contribution in [2.24, 2.45) is 0 Å². The molecule has 3 rings (SSSR count). The van der Waals surface area contributed by atoms with E-state index in [1.54, 1.807) is 34.7 Å². The van der Waals surface area contributed by atoms with Crippen LogP contribution in [0.4, 0.5) is 13.2 Å². The van der Waals surface area contributed by atoms with E-state index in [9.17, 15) is 13.2 Å². The summed E-state index contributed by atoms with van der Waals surface area (Å²) < 4.78 is 43.1. The Labute approximate surface area is 138 Å². The molecule has 0 saturated heterocycles. The lowest BCUT2D eigenvalue weighted by molar-refractivity contribution is -0.143. The minimum Gasteiger partial charge on any atom is -0.355 e. The minimum atomic E-state index is -4.51. The largest absolute Gasteiger partial charge is 0.437 e. The molecule has 2 aromatic carbocycles. The number of alkyl halides is 3. The molecule has 0 N–H and O–H groups in total. The van der Waals surface area contributed by atoms with Gasteiger partial charge in [0.25, 0.3) is 0 Å². The van der Waals surface area contributed by atoms with Gasteiger partial charge in [-0.3, -0.25) is 0 Å². The van der Waals surface area contributed by atoms with Gasteiger partial charge in [-0.25, -0.2) is 0 Å². The number of aromatic nitrogens is 1. The third kappa shape index (κ3) is 2.87. The summed E-state index contributed by atoms with van der Waals surface area (Å²) in [5.41, 5.74) is 1.59. The predicted molar refractivity (Wildman–Crippen MR) is 85.1 cm³/mol. The first kappa shape index (κ1) is 15.1. The zero-order valence-corrected chi connectivity index (χ0v) is 13.2. The fourth-order valence-electron chi connectivity index (χ4n) is 2.08. The molecule has 0 fully saturated rings. The van der Waals surface area contributed by atoms with Crippen LogP contribution in [-0.2, 0) is 6.18 Å². The van der Waals surface area contributed by atoms with Crippen LogP contribution >= 0.6 is 22.6 Å². The van der Waals surface area contributed by atoms with Gasteiger partial charge in [-0.1, -0.05) is 59.8 Å². The van der Waals surface area contributed by atoms with Gasteiger partial charge in [0.1, 0.15) is 0 Å². The summed E-state index contributed by atoms with van der Waals surface area (Å²) in [6, 6.07) is 16.9. The van der Waals surface area contributed by atoms with Gasteiger partial charge in [0, 0.05) is 5.56 Å². The molecule has 0 aliphatic heterocycles. The molecular formula is C16H9F3INO. The van der Waals surface area contributed by atoms with E-state index in [0.29, 0.717) is 5.56 Å². The third-order valence-corrected chi connectivity index (χ3v) is 4.16. The number of benzene rings is 2. The maximum absolute atomic E-state index is 12.7. The normalized spacial score (nSPS) is 11.6. The van der Waals surface area contributed by atoms with Gasteiger partial charge in [0.15, 0.2) is 5.76 Å². The van der Waals surface area contributed by atoms with Gasteiger partial charge in [0.2, 0.25) is 5.69 Å². The average Bonchev–Trinajstić information content (AvgIpc) is 2.90. The van der Waals surface area contributed by atoms with Gasteiger partial charge in [-0.15, -0.1) is 0 Å². The molecule has 0 amide bonds. The Balaban J connectivity index is 1.96. The zero-order valence-electron chi connectivity index (χ0n) is 11.1. The summed E-state index contributed by atoms with van der Waals surface area (Å²) >= 11 is 1.61. The molecular weight excluding hydrogens is 406 g/mol. The summed E-state index contributed by atoms with van der Waals surface area (Å²) in [6.07, 6.45) is -4.51. The van der Waals surface area contributed by atoms with E-state index in [1.807, 2.05) is 42.5 Å². The fraction of sp³-hybridized carbons (Fsp3) is 0.0625. The molecule has 0 spiro atoms. The highest BCUT2D eigenvalue weighted by Gasteiger charge is 2.38. The van der Waals surface area contributed by atoms with Crippen LogP contribution in [0.15, 0.2) is 59.1 Å². The number of hydrogen-bond acceptors (Lipinski definition) is 2. The number of rotatable bonds is 2. The lowest BCUT2D eigenvalue weighted by Crippen LogP contribution is -2.07. The molecule has 0 aliphatic rings. The Hall–Kier alpha value is -1.83. The van der Waals surface area contributed by atoms with Gasteiger partial charge in [-0.2, -0.15) is 13.2 Å². The molecule has 0 bridgehead atoms. The van der Waals surface area contributed by atoms with Crippen LogP contribution in [0.2, 0.25) is 0 Å². The minimum absolute atomic E-state index is 0.0300. The van der Waals surface area contributed by atoms with Crippen LogP contribution in [0.1, 0.15) is 5.69 Å². The first-order valence-electron chi connectivity index (χ1n) is 6.35. The van der Waals surface area contributed by atoms with E-state index in [0.717, 1.165) is 11.1 Å². The van der Waals surface area contributed by atoms with Crippen molar-refractivity contribution in [1.29, 1.82) is 0 Å². The van der Waals surface area contributed by atoms with Gasteiger partial charge in [-0.05, 0) is 33.7 Å². The summed E-state index contributed by atoms with van der Waals surface area (Å²) in [4.78, 5) is 0. The summed E-state index contributed by atoms with van der Waals surface area (Å²) in [5, 5.41) is 3.14. The van der Waals surface area contributed by atoms with Crippen LogP contribution in [-0.4, -0.2) is 5.16 Å². The smallest absolute Gasteiger partial charge is 0.355 e. The standard InChI is InChI=1S/C16H9F3INO/c17-16(18,19)15-13(20)14(22-21-15)12-8-6-11(7-9-12)10-4-2-1-3-5-10/h1-9H. The zero-order chi connectivity index (χ0) is 15.7. The second-order valence-electron chi connectivity index (χ2n) is 4.62. The van der Waals surface area contributed by atoms with E-state index in [2.05, 4.69) is 5.16 Å². The van der Waals surface area contributed by atoms with Crippen LogP contribution in [0.3, 0.4) is 0 Å². The van der Waals surface area contributed by atoms with Crippen LogP contribution in [0.5, 0.6) is 0 Å². The average molecular weight is 415 g/mol. The molecule has 0 unspecified atom stereocenters. The Kier molecular flexibility index (Phi) is 3.94.